The molecule has 0 bridgehead atoms. The normalized spacial score (nSPS) is 13.2. The average Bonchev–Trinajstić information content (AvgIpc) is 2.82. The highest BCUT2D eigenvalue weighted by molar-refractivity contribution is 8.00. The number of Topliss-reactive ketones (excluding diaryl/α,β-unsaturated/α-hetero) is 1. The minimum absolute atomic E-state index is 0.327. The standard InChI is InChI=1S/C13H12F3N3OS/c1-8(21-12-18-17-7-19(12)2)11(20)9-5-3-4-6-10(9)13(14,15)16/h3-8H,1-2H3/t8-/m1/s1. The molecule has 0 N–H and O–H groups in total. The monoisotopic (exact) mass is 315 g/mol. The van der Waals surface area contributed by atoms with Gasteiger partial charge in [-0.05, 0) is 13.0 Å². The van der Waals surface area contributed by atoms with E-state index in [1.54, 1.807) is 18.5 Å². The van der Waals surface area contributed by atoms with Gasteiger partial charge in [-0.2, -0.15) is 13.2 Å². The van der Waals surface area contributed by atoms with E-state index in [1.165, 1.54) is 24.5 Å². The summed E-state index contributed by atoms with van der Waals surface area (Å²) in [5.74, 6) is -0.587. The molecule has 0 spiro atoms. The number of alkyl halides is 3. The molecule has 21 heavy (non-hydrogen) atoms. The molecule has 1 heterocycles. The summed E-state index contributed by atoms with van der Waals surface area (Å²) < 4.78 is 40.4. The molecule has 2 aromatic rings. The molecule has 0 aliphatic carbocycles. The van der Waals surface area contributed by atoms with Gasteiger partial charge < -0.3 is 4.57 Å². The van der Waals surface area contributed by atoms with Gasteiger partial charge in [0.2, 0.25) is 0 Å². The number of carbonyl (C=O) groups is 1. The first-order valence-corrected chi connectivity index (χ1v) is 6.89. The van der Waals surface area contributed by atoms with Gasteiger partial charge in [-0.15, -0.1) is 10.2 Å². The number of carbonyl (C=O) groups excluding carboxylic acids is 1. The van der Waals surface area contributed by atoms with Gasteiger partial charge in [-0.3, -0.25) is 4.79 Å². The largest absolute Gasteiger partial charge is 0.417 e. The molecule has 0 fully saturated rings. The van der Waals surface area contributed by atoms with Crippen LogP contribution < -0.4 is 0 Å². The molecule has 1 aromatic heterocycles. The Hall–Kier alpha value is -1.83. The number of halogens is 3. The van der Waals surface area contributed by atoms with Crippen LogP contribution >= 0.6 is 11.8 Å². The third-order valence-corrected chi connectivity index (χ3v) is 3.97. The SMILES string of the molecule is C[C@@H](Sc1nncn1C)C(=O)c1ccccc1C(F)(F)F. The maximum absolute atomic E-state index is 12.9. The van der Waals surface area contributed by atoms with Crippen LogP contribution in [0.15, 0.2) is 35.7 Å². The zero-order chi connectivity index (χ0) is 15.6. The fourth-order valence-corrected chi connectivity index (χ4v) is 2.61. The van der Waals surface area contributed by atoms with E-state index in [0.29, 0.717) is 5.16 Å². The van der Waals surface area contributed by atoms with E-state index in [0.717, 1.165) is 17.8 Å². The first-order chi connectivity index (χ1) is 9.80. The molecule has 0 aliphatic heterocycles. The van der Waals surface area contributed by atoms with Gasteiger partial charge in [-0.1, -0.05) is 30.0 Å². The summed E-state index contributed by atoms with van der Waals surface area (Å²) in [5, 5.41) is 7.24. The van der Waals surface area contributed by atoms with Crippen molar-refractivity contribution in [1.82, 2.24) is 14.8 Å². The highest BCUT2D eigenvalue weighted by atomic mass is 32.2. The molecule has 112 valence electrons. The van der Waals surface area contributed by atoms with Crippen LogP contribution in [0.4, 0.5) is 13.2 Å². The maximum atomic E-state index is 12.9. The molecule has 8 heteroatoms. The second-order valence-electron chi connectivity index (χ2n) is 4.39. The molecule has 2 rings (SSSR count). The molecular weight excluding hydrogens is 303 g/mol. The van der Waals surface area contributed by atoms with Crippen molar-refractivity contribution in [2.24, 2.45) is 7.05 Å². The molecule has 1 atom stereocenters. The van der Waals surface area contributed by atoms with E-state index in [1.807, 2.05) is 0 Å². The molecule has 0 radical (unpaired) electrons. The predicted octanol–water partition coefficient (Wildman–Crippen LogP) is 3.20. The number of rotatable bonds is 4. The Bertz CT molecular complexity index is 654. The zero-order valence-electron chi connectivity index (χ0n) is 11.3. The van der Waals surface area contributed by atoms with E-state index in [4.69, 9.17) is 0 Å². The summed E-state index contributed by atoms with van der Waals surface area (Å²) in [6, 6.07) is 4.79. The molecule has 0 saturated heterocycles. The number of benzene rings is 1. The lowest BCUT2D eigenvalue weighted by Gasteiger charge is -2.14. The summed E-state index contributed by atoms with van der Waals surface area (Å²) in [4.78, 5) is 12.3. The number of ketones is 1. The third-order valence-electron chi connectivity index (χ3n) is 2.82. The first kappa shape index (κ1) is 15.6. The Kier molecular flexibility index (Phi) is 4.36. The van der Waals surface area contributed by atoms with E-state index in [2.05, 4.69) is 10.2 Å². The lowest BCUT2D eigenvalue weighted by Crippen LogP contribution is -2.19. The van der Waals surface area contributed by atoms with Gasteiger partial charge in [0.05, 0.1) is 10.8 Å². The minimum atomic E-state index is -4.55. The van der Waals surface area contributed by atoms with Crippen molar-refractivity contribution in [1.29, 1.82) is 0 Å². The second-order valence-corrected chi connectivity index (χ2v) is 5.70. The van der Waals surface area contributed by atoms with Gasteiger partial charge in [0.25, 0.3) is 0 Å². The van der Waals surface area contributed by atoms with Gasteiger partial charge in [0.1, 0.15) is 6.33 Å². The fraction of sp³-hybridized carbons (Fsp3) is 0.308. The molecule has 1 aromatic carbocycles. The van der Waals surface area contributed by atoms with Crippen molar-refractivity contribution in [2.45, 2.75) is 23.5 Å². The van der Waals surface area contributed by atoms with Crippen molar-refractivity contribution >= 4 is 17.5 Å². The summed E-state index contributed by atoms with van der Waals surface area (Å²) in [6.07, 6.45) is -3.09. The maximum Gasteiger partial charge on any atom is 0.417 e. The number of hydrogen-bond donors (Lipinski definition) is 0. The van der Waals surface area contributed by atoms with Gasteiger partial charge in [-0.25, -0.2) is 0 Å². The number of aromatic nitrogens is 3. The number of aryl methyl sites for hydroxylation is 1. The Labute approximate surface area is 123 Å². The lowest BCUT2D eigenvalue weighted by atomic mass is 10.0. The highest BCUT2D eigenvalue weighted by Crippen LogP contribution is 2.34. The minimum Gasteiger partial charge on any atom is -0.312 e. The number of thioether (sulfide) groups is 1. The van der Waals surface area contributed by atoms with E-state index < -0.39 is 22.8 Å². The van der Waals surface area contributed by atoms with Crippen LogP contribution in [0.25, 0.3) is 0 Å². The van der Waals surface area contributed by atoms with Crippen LogP contribution in [-0.4, -0.2) is 25.8 Å². The number of nitrogens with zero attached hydrogens (tertiary/aromatic N) is 3. The Morgan fingerprint density at radius 2 is 2.00 bits per heavy atom. The fourth-order valence-electron chi connectivity index (χ4n) is 1.76. The molecule has 0 amide bonds. The first-order valence-electron chi connectivity index (χ1n) is 6.02. The van der Waals surface area contributed by atoms with Crippen LogP contribution in [0.1, 0.15) is 22.8 Å². The lowest BCUT2D eigenvalue weighted by molar-refractivity contribution is -0.137. The highest BCUT2D eigenvalue weighted by Gasteiger charge is 2.35. The van der Waals surface area contributed by atoms with Crippen molar-refractivity contribution in [3.8, 4) is 0 Å². The van der Waals surface area contributed by atoms with Gasteiger partial charge in [0.15, 0.2) is 10.9 Å². The van der Waals surface area contributed by atoms with E-state index >= 15 is 0 Å². The van der Waals surface area contributed by atoms with Crippen LogP contribution in [0.3, 0.4) is 0 Å². The van der Waals surface area contributed by atoms with Crippen LogP contribution in [0.2, 0.25) is 0 Å². The molecule has 0 saturated carbocycles. The van der Waals surface area contributed by atoms with Crippen LogP contribution in [-0.2, 0) is 13.2 Å². The molecule has 0 aliphatic rings. The van der Waals surface area contributed by atoms with Crippen LogP contribution in [0, 0.1) is 0 Å². The quantitative estimate of drug-likeness (QED) is 0.642. The van der Waals surface area contributed by atoms with E-state index in [9.17, 15) is 18.0 Å². The van der Waals surface area contributed by atoms with Crippen molar-refractivity contribution in [2.75, 3.05) is 0 Å². The topological polar surface area (TPSA) is 47.8 Å². The molecule has 0 unspecified atom stereocenters. The summed E-state index contributed by atoms with van der Waals surface area (Å²) in [7, 11) is 1.70. The van der Waals surface area contributed by atoms with E-state index in [-0.39, 0.29) is 5.56 Å². The summed E-state index contributed by atoms with van der Waals surface area (Å²) in [5.41, 5.74) is -1.24. The van der Waals surface area contributed by atoms with Crippen LogP contribution in [0.5, 0.6) is 0 Å². The Balaban J connectivity index is 2.26. The summed E-state index contributed by atoms with van der Waals surface area (Å²) >= 11 is 1.07. The number of hydrogen-bond acceptors (Lipinski definition) is 4. The van der Waals surface area contributed by atoms with Crippen molar-refractivity contribution in [3.05, 3.63) is 41.7 Å². The van der Waals surface area contributed by atoms with Crippen molar-refractivity contribution < 1.29 is 18.0 Å². The summed E-state index contributed by atoms with van der Waals surface area (Å²) in [6.45, 7) is 1.55. The van der Waals surface area contributed by atoms with Gasteiger partial charge >= 0.3 is 6.18 Å². The molecular formula is C13H12F3N3OS. The third kappa shape index (κ3) is 3.44. The second kappa shape index (κ2) is 5.88. The smallest absolute Gasteiger partial charge is 0.312 e. The average molecular weight is 315 g/mol. The predicted molar refractivity (Wildman–Crippen MR) is 72.1 cm³/mol. The van der Waals surface area contributed by atoms with Gasteiger partial charge in [0, 0.05) is 12.6 Å². The van der Waals surface area contributed by atoms with Crippen molar-refractivity contribution in [3.63, 3.8) is 0 Å². The zero-order valence-corrected chi connectivity index (χ0v) is 12.1. The Morgan fingerprint density at radius 3 is 2.57 bits per heavy atom. The molecule has 4 nitrogen and oxygen atoms in total. The Morgan fingerprint density at radius 1 is 1.33 bits per heavy atom.